The van der Waals surface area contributed by atoms with Gasteiger partial charge >= 0.3 is 0 Å². The van der Waals surface area contributed by atoms with Crippen LogP contribution in [0.5, 0.6) is 11.5 Å². The predicted octanol–water partition coefficient (Wildman–Crippen LogP) is 3.69. The Labute approximate surface area is 159 Å². The number of ether oxygens (including phenoxy) is 3. The first kappa shape index (κ1) is 19.0. The summed E-state index contributed by atoms with van der Waals surface area (Å²) in [6.45, 7) is 4.03. The Morgan fingerprint density at radius 1 is 1.15 bits per heavy atom. The van der Waals surface area contributed by atoms with E-state index in [4.69, 9.17) is 14.2 Å². The van der Waals surface area contributed by atoms with Gasteiger partial charge in [0.05, 0.1) is 24.9 Å². The zero-order valence-electron chi connectivity index (χ0n) is 15.6. The van der Waals surface area contributed by atoms with Gasteiger partial charge in [-0.2, -0.15) is 0 Å². The molecule has 2 N–H and O–H groups in total. The first-order valence-electron chi connectivity index (χ1n) is 9.34. The van der Waals surface area contributed by atoms with Gasteiger partial charge in [-0.05, 0) is 56.2 Å². The van der Waals surface area contributed by atoms with E-state index in [2.05, 4.69) is 10.6 Å². The Morgan fingerprint density at radius 2 is 1.96 bits per heavy atom. The number of carbonyl (C=O) groups is 1. The van der Waals surface area contributed by atoms with Gasteiger partial charge < -0.3 is 24.8 Å². The fourth-order valence-electron chi connectivity index (χ4n) is 2.86. The maximum atomic E-state index is 12.2. The third-order valence-corrected chi connectivity index (χ3v) is 4.23. The van der Waals surface area contributed by atoms with Gasteiger partial charge in [-0.25, -0.2) is 0 Å². The molecule has 27 heavy (non-hydrogen) atoms. The van der Waals surface area contributed by atoms with E-state index in [0.29, 0.717) is 24.7 Å². The van der Waals surface area contributed by atoms with Crippen LogP contribution >= 0.6 is 0 Å². The number of rotatable bonds is 9. The van der Waals surface area contributed by atoms with Crippen LogP contribution in [0.25, 0.3) is 0 Å². The second kappa shape index (κ2) is 9.83. The highest BCUT2D eigenvalue weighted by atomic mass is 16.5. The highest BCUT2D eigenvalue weighted by molar-refractivity contribution is 5.95. The Balaban J connectivity index is 1.44. The van der Waals surface area contributed by atoms with Crippen molar-refractivity contribution in [3.8, 4) is 11.5 Å². The Bertz CT molecular complexity index is 727. The van der Waals surface area contributed by atoms with Crippen molar-refractivity contribution >= 4 is 17.3 Å². The number of benzene rings is 2. The molecule has 0 saturated carbocycles. The molecule has 3 rings (SSSR count). The Hall–Kier alpha value is -2.73. The lowest BCUT2D eigenvalue weighted by molar-refractivity contribution is -0.114. The van der Waals surface area contributed by atoms with Crippen molar-refractivity contribution in [1.82, 2.24) is 0 Å². The summed E-state index contributed by atoms with van der Waals surface area (Å²) in [5, 5.41) is 5.97. The van der Waals surface area contributed by atoms with Crippen LogP contribution in [-0.4, -0.2) is 38.4 Å². The van der Waals surface area contributed by atoms with E-state index in [1.165, 1.54) is 0 Å². The van der Waals surface area contributed by atoms with Crippen LogP contribution in [0.3, 0.4) is 0 Å². The van der Waals surface area contributed by atoms with Crippen molar-refractivity contribution in [3.05, 3.63) is 48.5 Å². The summed E-state index contributed by atoms with van der Waals surface area (Å²) < 4.78 is 16.8. The van der Waals surface area contributed by atoms with Crippen LogP contribution in [-0.2, 0) is 9.53 Å². The average molecular weight is 370 g/mol. The number of hydrogen-bond donors (Lipinski definition) is 2. The summed E-state index contributed by atoms with van der Waals surface area (Å²) in [6, 6.07) is 15.0. The van der Waals surface area contributed by atoms with E-state index < -0.39 is 0 Å². The van der Waals surface area contributed by atoms with Crippen LogP contribution in [0.2, 0.25) is 0 Å². The van der Waals surface area contributed by atoms with Crippen molar-refractivity contribution in [1.29, 1.82) is 0 Å². The van der Waals surface area contributed by atoms with Crippen molar-refractivity contribution in [3.63, 3.8) is 0 Å². The normalized spacial score (nSPS) is 16.0. The van der Waals surface area contributed by atoms with Gasteiger partial charge in [0.15, 0.2) is 0 Å². The van der Waals surface area contributed by atoms with E-state index in [1.807, 2.05) is 55.5 Å². The Kier molecular flexibility index (Phi) is 6.93. The number of hydrogen-bond acceptors (Lipinski definition) is 5. The lowest BCUT2D eigenvalue weighted by atomic mass is 10.2. The van der Waals surface area contributed by atoms with Gasteiger partial charge in [-0.3, -0.25) is 4.79 Å². The van der Waals surface area contributed by atoms with Gasteiger partial charge in [0.2, 0.25) is 5.91 Å². The monoisotopic (exact) mass is 370 g/mol. The van der Waals surface area contributed by atoms with Crippen LogP contribution < -0.4 is 20.1 Å². The molecule has 1 aliphatic heterocycles. The quantitative estimate of drug-likeness (QED) is 0.704. The second-order valence-electron chi connectivity index (χ2n) is 6.30. The molecule has 0 spiro atoms. The molecular formula is C21H26N2O4. The van der Waals surface area contributed by atoms with Gasteiger partial charge in [-0.15, -0.1) is 0 Å². The minimum atomic E-state index is -0.138. The molecular weight excluding hydrogens is 344 g/mol. The summed E-state index contributed by atoms with van der Waals surface area (Å²) in [7, 11) is 0. The maximum Gasteiger partial charge on any atom is 0.243 e. The molecule has 1 fully saturated rings. The number of para-hydroxylation sites is 2. The molecule has 0 aliphatic carbocycles. The molecule has 144 valence electrons. The smallest absolute Gasteiger partial charge is 0.243 e. The van der Waals surface area contributed by atoms with Crippen LogP contribution in [0.1, 0.15) is 19.8 Å². The molecule has 1 aliphatic rings. The van der Waals surface area contributed by atoms with E-state index in [9.17, 15) is 4.79 Å². The highest BCUT2D eigenvalue weighted by Gasteiger charge is 2.15. The summed E-state index contributed by atoms with van der Waals surface area (Å²) in [6.07, 6.45) is 2.36. The largest absolute Gasteiger partial charge is 0.492 e. The van der Waals surface area contributed by atoms with E-state index >= 15 is 0 Å². The minimum absolute atomic E-state index is 0.138. The SMILES string of the molecule is CCOc1ccccc1NC(=O)CNc1ccc(OCC2CCCO2)cc1. The molecule has 0 aromatic heterocycles. The van der Waals surface area contributed by atoms with Crippen LogP contribution in [0.15, 0.2) is 48.5 Å². The molecule has 0 bridgehead atoms. The predicted molar refractivity (Wildman–Crippen MR) is 106 cm³/mol. The number of carbonyl (C=O) groups excluding carboxylic acids is 1. The van der Waals surface area contributed by atoms with Crippen molar-refractivity contribution in [2.24, 2.45) is 0 Å². The topological polar surface area (TPSA) is 68.8 Å². The third kappa shape index (κ3) is 5.89. The molecule has 0 radical (unpaired) electrons. The summed E-state index contributed by atoms with van der Waals surface area (Å²) in [5.74, 6) is 1.33. The van der Waals surface area contributed by atoms with E-state index in [0.717, 1.165) is 30.9 Å². The van der Waals surface area contributed by atoms with Gasteiger partial charge in [-0.1, -0.05) is 12.1 Å². The lowest BCUT2D eigenvalue weighted by Gasteiger charge is -2.13. The molecule has 1 amide bonds. The number of anilines is 2. The molecule has 1 heterocycles. The maximum absolute atomic E-state index is 12.2. The third-order valence-electron chi connectivity index (χ3n) is 4.23. The van der Waals surface area contributed by atoms with Gasteiger partial charge in [0.25, 0.3) is 0 Å². The van der Waals surface area contributed by atoms with Crippen molar-refractivity contribution in [2.45, 2.75) is 25.9 Å². The zero-order valence-corrected chi connectivity index (χ0v) is 15.6. The fourth-order valence-corrected chi connectivity index (χ4v) is 2.86. The second-order valence-corrected chi connectivity index (χ2v) is 6.30. The number of nitrogens with one attached hydrogen (secondary N) is 2. The molecule has 6 heteroatoms. The van der Waals surface area contributed by atoms with Crippen molar-refractivity contribution < 1.29 is 19.0 Å². The average Bonchev–Trinajstić information content (AvgIpc) is 3.21. The van der Waals surface area contributed by atoms with E-state index in [-0.39, 0.29) is 18.6 Å². The van der Waals surface area contributed by atoms with Crippen LogP contribution in [0.4, 0.5) is 11.4 Å². The first-order valence-corrected chi connectivity index (χ1v) is 9.34. The number of amides is 1. The van der Waals surface area contributed by atoms with Gasteiger partial charge in [0.1, 0.15) is 18.1 Å². The van der Waals surface area contributed by atoms with Gasteiger partial charge in [0, 0.05) is 12.3 Å². The highest BCUT2D eigenvalue weighted by Crippen LogP contribution is 2.23. The van der Waals surface area contributed by atoms with E-state index in [1.54, 1.807) is 0 Å². The fraction of sp³-hybridized carbons (Fsp3) is 0.381. The standard InChI is InChI=1S/C21H26N2O4/c1-2-25-20-8-4-3-7-19(20)23-21(24)14-22-16-9-11-17(12-10-16)27-15-18-6-5-13-26-18/h3-4,7-12,18,22H,2,5-6,13-15H2,1H3,(H,23,24). The molecule has 2 aromatic carbocycles. The minimum Gasteiger partial charge on any atom is -0.492 e. The molecule has 1 unspecified atom stereocenters. The van der Waals surface area contributed by atoms with Crippen LogP contribution in [0, 0.1) is 0 Å². The van der Waals surface area contributed by atoms with Crippen molar-refractivity contribution in [2.75, 3.05) is 37.0 Å². The zero-order chi connectivity index (χ0) is 18.9. The summed E-state index contributed by atoms with van der Waals surface area (Å²) in [5.41, 5.74) is 1.52. The lowest BCUT2D eigenvalue weighted by Crippen LogP contribution is -2.22. The molecule has 6 nitrogen and oxygen atoms in total. The summed E-state index contributed by atoms with van der Waals surface area (Å²) >= 11 is 0. The Morgan fingerprint density at radius 3 is 2.70 bits per heavy atom. The first-order chi connectivity index (χ1) is 13.2. The molecule has 1 saturated heterocycles. The summed E-state index contributed by atoms with van der Waals surface area (Å²) in [4.78, 5) is 12.2. The molecule has 1 atom stereocenters. The molecule has 2 aromatic rings.